The molecule has 0 aliphatic heterocycles. The number of aliphatic hydroxyl groups excluding tert-OH is 1. The highest BCUT2D eigenvalue weighted by atomic mass is 32.1. The highest BCUT2D eigenvalue weighted by Gasteiger charge is 2.50. The lowest BCUT2D eigenvalue weighted by atomic mass is 9.60. The van der Waals surface area contributed by atoms with Crippen molar-refractivity contribution in [2.24, 2.45) is 23.2 Å². The summed E-state index contributed by atoms with van der Waals surface area (Å²) in [5.41, 5.74) is 3.62. The van der Waals surface area contributed by atoms with Gasteiger partial charge in [0.25, 0.3) is 0 Å². The van der Waals surface area contributed by atoms with Crippen molar-refractivity contribution in [1.82, 2.24) is 4.98 Å². The third kappa shape index (κ3) is 8.95. The summed E-state index contributed by atoms with van der Waals surface area (Å²) in [6.45, 7) is 28.8. The second-order valence-electron chi connectivity index (χ2n) is 18.6. The molecule has 3 fully saturated rings. The monoisotopic (exact) mass is 687 g/mol. The second-order valence-corrected chi connectivity index (χ2v) is 29.0. The van der Waals surface area contributed by atoms with Crippen molar-refractivity contribution in [3.8, 4) is 0 Å². The standard InChI is InChI=1S/C39H69NO3SSi2/c1-28(15-13-17-35(41)36-40-23-24-44-36)33-20-21-34-30(16-14-22-39(33,34)8)19-18-29-25-31(42-45(9,10)37(2,3)4)27-32(26-29)43-46(11,12)38(5,6)7/h18-19,23-24,28,31-35,41H,13-17,20-22,25-27H2,1-12H3/b30-19+/t28-,31+,32+,33+,34-,35?,39+/m0/s1. The van der Waals surface area contributed by atoms with Crippen LogP contribution in [0.3, 0.4) is 0 Å². The van der Waals surface area contributed by atoms with Crippen LogP contribution in [0.1, 0.15) is 137 Å². The first kappa shape index (κ1) is 38.2. The Labute approximate surface area is 289 Å². The molecule has 0 radical (unpaired) electrons. The van der Waals surface area contributed by atoms with Crippen LogP contribution in [0.15, 0.2) is 34.9 Å². The summed E-state index contributed by atoms with van der Waals surface area (Å²) in [5, 5.41) is 13.8. The van der Waals surface area contributed by atoms with Crippen molar-refractivity contribution < 1.29 is 14.0 Å². The Bertz CT molecular complexity index is 1160. The molecule has 1 aromatic rings. The number of fused-ring (bicyclic) bond motifs is 1. The van der Waals surface area contributed by atoms with Crippen LogP contribution in [-0.2, 0) is 8.85 Å². The van der Waals surface area contributed by atoms with Gasteiger partial charge >= 0.3 is 0 Å². The predicted octanol–water partition coefficient (Wildman–Crippen LogP) is 12.0. The number of aliphatic hydroxyl groups is 1. The lowest BCUT2D eigenvalue weighted by Crippen LogP contribution is -2.48. The largest absolute Gasteiger partial charge is 0.414 e. The highest BCUT2D eigenvalue weighted by molar-refractivity contribution is 7.09. The van der Waals surface area contributed by atoms with Gasteiger partial charge in [-0.3, -0.25) is 0 Å². The molecule has 1 heterocycles. The lowest BCUT2D eigenvalue weighted by molar-refractivity contribution is 0.0725. The fraction of sp³-hybridized carbons (Fsp3) is 0.821. The quantitative estimate of drug-likeness (QED) is 0.235. The zero-order valence-electron chi connectivity index (χ0n) is 31.7. The highest BCUT2D eigenvalue weighted by Crippen LogP contribution is 2.60. The Hall–Kier alpha value is -0.576. The van der Waals surface area contributed by atoms with Gasteiger partial charge in [-0.1, -0.05) is 91.5 Å². The van der Waals surface area contributed by atoms with Crippen LogP contribution in [0.5, 0.6) is 0 Å². The van der Waals surface area contributed by atoms with E-state index >= 15 is 0 Å². The van der Waals surface area contributed by atoms with Crippen molar-refractivity contribution in [2.45, 2.75) is 181 Å². The Morgan fingerprint density at radius 3 is 2.13 bits per heavy atom. The molecule has 3 aliphatic carbocycles. The first-order valence-electron chi connectivity index (χ1n) is 18.5. The van der Waals surface area contributed by atoms with Gasteiger partial charge in [-0.25, -0.2) is 4.98 Å². The first-order valence-corrected chi connectivity index (χ1v) is 25.2. The van der Waals surface area contributed by atoms with Crippen molar-refractivity contribution in [2.75, 3.05) is 0 Å². The van der Waals surface area contributed by atoms with Crippen molar-refractivity contribution in [1.29, 1.82) is 0 Å². The van der Waals surface area contributed by atoms with E-state index in [0.29, 0.717) is 17.3 Å². The molecule has 3 aliphatic rings. The van der Waals surface area contributed by atoms with Crippen molar-refractivity contribution in [3.63, 3.8) is 0 Å². The molecule has 7 heteroatoms. The minimum absolute atomic E-state index is 0.204. The molecule has 0 saturated heterocycles. The van der Waals surface area contributed by atoms with Crippen LogP contribution in [0.2, 0.25) is 36.3 Å². The van der Waals surface area contributed by atoms with E-state index in [-0.39, 0.29) is 22.3 Å². The van der Waals surface area contributed by atoms with Gasteiger partial charge in [-0.05, 0) is 117 Å². The van der Waals surface area contributed by atoms with Crippen LogP contribution in [-0.4, -0.2) is 38.9 Å². The van der Waals surface area contributed by atoms with Gasteiger partial charge in [0.1, 0.15) is 11.1 Å². The summed E-state index contributed by atoms with van der Waals surface area (Å²) < 4.78 is 14.2. The van der Waals surface area contributed by atoms with Crippen molar-refractivity contribution >= 4 is 28.0 Å². The number of rotatable bonds is 11. The number of aromatic nitrogens is 1. The molecule has 4 rings (SSSR count). The zero-order valence-corrected chi connectivity index (χ0v) is 34.5. The molecule has 0 spiro atoms. The lowest BCUT2D eigenvalue weighted by Gasteiger charge is -2.45. The van der Waals surface area contributed by atoms with Crippen molar-refractivity contribution in [3.05, 3.63) is 39.9 Å². The molecule has 0 amide bonds. The molecular weight excluding hydrogens is 619 g/mol. The summed E-state index contributed by atoms with van der Waals surface area (Å²) in [5.74, 6) is 2.16. The van der Waals surface area contributed by atoms with Crippen LogP contribution < -0.4 is 0 Å². The second kappa shape index (κ2) is 14.7. The molecule has 3 saturated carbocycles. The van der Waals surface area contributed by atoms with E-state index in [1.54, 1.807) is 23.1 Å². The van der Waals surface area contributed by atoms with Gasteiger partial charge in [0, 0.05) is 11.6 Å². The number of nitrogens with zero attached hydrogens (tertiary/aromatic N) is 1. The van der Waals surface area contributed by atoms with E-state index in [2.05, 4.69) is 98.7 Å². The number of allylic oxidation sites excluding steroid dienone is 3. The maximum absolute atomic E-state index is 10.6. The van der Waals surface area contributed by atoms with E-state index in [1.165, 1.54) is 44.1 Å². The van der Waals surface area contributed by atoms with Gasteiger partial charge < -0.3 is 14.0 Å². The summed E-state index contributed by atoms with van der Waals surface area (Å²) in [6, 6.07) is 0. The Morgan fingerprint density at radius 2 is 1.59 bits per heavy atom. The fourth-order valence-electron chi connectivity index (χ4n) is 8.43. The predicted molar refractivity (Wildman–Crippen MR) is 202 cm³/mol. The number of hydrogen-bond acceptors (Lipinski definition) is 5. The number of thiazole rings is 1. The van der Waals surface area contributed by atoms with Gasteiger partial charge in [0.2, 0.25) is 0 Å². The summed E-state index contributed by atoms with van der Waals surface area (Å²) in [6.07, 6.45) is 19.8. The molecule has 1 unspecified atom stereocenters. The van der Waals surface area contributed by atoms with Gasteiger partial charge in [-0.2, -0.15) is 0 Å². The molecule has 1 N–H and O–H groups in total. The third-order valence-electron chi connectivity index (χ3n) is 13.2. The Morgan fingerprint density at radius 1 is 0.978 bits per heavy atom. The molecule has 262 valence electrons. The molecular formula is C39H69NO3SSi2. The van der Waals surface area contributed by atoms with Crippen LogP contribution in [0.25, 0.3) is 0 Å². The molecule has 0 aromatic carbocycles. The van der Waals surface area contributed by atoms with Crippen LogP contribution in [0.4, 0.5) is 0 Å². The van der Waals surface area contributed by atoms with E-state index in [1.807, 2.05) is 5.38 Å². The molecule has 46 heavy (non-hydrogen) atoms. The van der Waals surface area contributed by atoms with Crippen LogP contribution >= 0.6 is 11.3 Å². The summed E-state index contributed by atoms with van der Waals surface area (Å²) in [4.78, 5) is 4.32. The summed E-state index contributed by atoms with van der Waals surface area (Å²) >= 11 is 1.57. The maximum atomic E-state index is 10.6. The average molecular weight is 688 g/mol. The maximum Gasteiger partial charge on any atom is 0.192 e. The normalized spacial score (nSPS) is 30.4. The fourth-order valence-corrected chi connectivity index (χ4v) is 11.8. The average Bonchev–Trinajstić information content (AvgIpc) is 3.58. The molecule has 4 nitrogen and oxygen atoms in total. The van der Waals surface area contributed by atoms with E-state index in [0.717, 1.165) is 43.0 Å². The van der Waals surface area contributed by atoms with Gasteiger partial charge in [-0.15, -0.1) is 11.3 Å². The first-order chi connectivity index (χ1) is 21.2. The van der Waals surface area contributed by atoms with Gasteiger partial charge in [0.05, 0.1) is 12.2 Å². The van der Waals surface area contributed by atoms with Gasteiger partial charge in [0.15, 0.2) is 16.6 Å². The minimum atomic E-state index is -1.88. The molecule has 0 bridgehead atoms. The zero-order chi connectivity index (χ0) is 34.1. The SMILES string of the molecule is C[C@@H](CCCC(O)c1nccs1)[C@H]1CC[C@H]2/C(=C/C=C3C[C@@H](O[Si](C)(C)C(C)(C)C)C[C@H](O[Si](C)(C)C(C)(C)C)C3)CCC[C@]12C. The summed E-state index contributed by atoms with van der Waals surface area (Å²) in [7, 11) is -3.76. The Kier molecular flexibility index (Phi) is 12.2. The molecule has 1 aromatic heterocycles. The smallest absolute Gasteiger partial charge is 0.192 e. The minimum Gasteiger partial charge on any atom is -0.414 e. The Balaban J connectivity index is 1.47. The van der Waals surface area contributed by atoms with E-state index < -0.39 is 22.7 Å². The van der Waals surface area contributed by atoms with E-state index in [4.69, 9.17) is 8.85 Å². The third-order valence-corrected chi connectivity index (χ3v) is 23.1. The molecule has 7 atom stereocenters. The van der Waals surface area contributed by atoms with Crippen LogP contribution in [0, 0.1) is 23.2 Å². The topological polar surface area (TPSA) is 51.6 Å². The van der Waals surface area contributed by atoms with E-state index in [9.17, 15) is 5.11 Å². The number of hydrogen-bond donors (Lipinski definition) is 1.